The molecule has 0 aromatic heterocycles. The first-order valence-corrected chi connectivity index (χ1v) is 6.91. The van der Waals surface area contributed by atoms with Crippen LogP contribution in [0.1, 0.15) is 17.5 Å². The van der Waals surface area contributed by atoms with Crippen LogP contribution >= 0.6 is 0 Å². The van der Waals surface area contributed by atoms with E-state index in [1.165, 1.54) is 18.1 Å². The smallest absolute Gasteiger partial charge is 0.332 e. The maximum absolute atomic E-state index is 12.5. The Kier molecular flexibility index (Phi) is 3.26. The molecule has 2 heterocycles. The SMILES string of the molecule is COc1c(C#N)ccc(N2C(=O)[C@@H]3C(O)CCN3C2=O)c1C. The maximum Gasteiger partial charge on any atom is 0.332 e. The molecule has 3 rings (SSSR count). The van der Waals surface area contributed by atoms with Gasteiger partial charge in [-0.05, 0) is 25.5 Å². The van der Waals surface area contributed by atoms with Gasteiger partial charge < -0.3 is 14.7 Å². The van der Waals surface area contributed by atoms with E-state index in [9.17, 15) is 14.7 Å². The van der Waals surface area contributed by atoms with Gasteiger partial charge in [0.15, 0.2) is 0 Å². The normalized spacial score (nSPS) is 23.7. The van der Waals surface area contributed by atoms with Crippen LogP contribution in [0, 0.1) is 18.3 Å². The molecule has 1 aromatic carbocycles. The number of benzene rings is 1. The van der Waals surface area contributed by atoms with Gasteiger partial charge in [0.25, 0.3) is 5.91 Å². The van der Waals surface area contributed by atoms with Crippen molar-refractivity contribution < 1.29 is 19.4 Å². The van der Waals surface area contributed by atoms with E-state index in [4.69, 9.17) is 10.00 Å². The number of methoxy groups -OCH3 is 1. The van der Waals surface area contributed by atoms with Crippen molar-refractivity contribution in [3.05, 3.63) is 23.3 Å². The molecule has 2 aliphatic heterocycles. The van der Waals surface area contributed by atoms with E-state index >= 15 is 0 Å². The van der Waals surface area contributed by atoms with Crippen molar-refractivity contribution in [1.82, 2.24) is 4.90 Å². The summed E-state index contributed by atoms with van der Waals surface area (Å²) in [6.07, 6.45) is -0.423. The van der Waals surface area contributed by atoms with Crippen LogP contribution < -0.4 is 9.64 Å². The van der Waals surface area contributed by atoms with Crippen molar-refractivity contribution in [1.29, 1.82) is 5.26 Å². The van der Waals surface area contributed by atoms with Crippen molar-refractivity contribution >= 4 is 17.6 Å². The molecule has 0 spiro atoms. The van der Waals surface area contributed by atoms with Crippen LogP contribution in [0.5, 0.6) is 5.75 Å². The van der Waals surface area contributed by atoms with Crippen LogP contribution in [-0.2, 0) is 4.79 Å². The zero-order chi connectivity index (χ0) is 16.0. The Balaban J connectivity index is 2.08. The number of nitriles is 1. The molecule has 2 aliphatic rings. The van der Waals surface area contributed by atoms with Gasteiger partial charge in [-0.25, -0.2) is 9.69 Å². The highest BCUT2D eigenvalue weighted by Crippen LogP contribution is 2.37. The summed E-state index contributed by atoms with van der Waals surface area (Å²) in [5.41, 5.74) is 1.26. The number of imide groups is 1. The van der Waals surface area contributed by atoms with E-state index in [0.29, 0.717) is 35.5 Å². The molecule has 0 radical (unpaired) electrons. The Morgan fingerprint density at radius 1 is 1.41 bits per heavy atom. The van der Waals surface area contributed by atoms with Crippen LogP contribution in [0.2, 0.25) is 0 Å². The second-order valence-corrected chi connectivity index (χ2v) is 5.35. The molecule has 2 saturated heterocycles. The average Bonchev–Trinajstić information content (AvgIpc) is 3.00. The quantitative estimate of drug-likeness (QED) is 0.815. The van der Waals surface area contributed by atoms with Gasteiger partial charge in [-0.1, -0.05) is 0 Å². The molecule has 3 amide bonds. The first-order chi connectivity index (χ1) is 10.5. The number of urea groups is 1. The van der Waals surface area contributed by atoms with Crippen molar-refractivity contribution in [2.24, 2.45) is 0 Å². The number of carbonyl (C=O) groups is 2. The molecular weight excluding hydrogens is 286 g/mol. The third-order valence-electron chi connectivity index (χ3n) is 4.22. The molecule has 0 bridgehead atoms. The van der Waals surface area contributed by atoms with Crippen molar-refractivity contribution in [2.75, 3.05) is 18.6 Å². The number of aliphatic hydroxyl groups is 1. The molecule has 0 aliphatic carbocycles. The molecule has 7 heteroatoms. The fourth-order valence-electron chi connectivity index (χ4n) is 3.14. The van der Waals surface area contributed by atoms with Gasteiger partial charge in [0.05, 0.1) is 24.5 Å². The number of nitrogens with zero attached hydrogens (tertiary/aromatic N) is 3. The van der Waals surface area contributed by atoms with E-state index in [0.717, 1.165) is 4.90 Å². The predicted octanol–water partition coefficient (Wildman–Crippen LogP) is 0.777. The highest BCUT2D eigenvalue weighted by molar-refractivity contribution is 6.22. The number of hydrogen-bond donors (Lipinski definition) is 1. The van der Waals surface area contributed by atoms with Crippen LogP contribution in [0.3, 0.4) is 0 Å². The van der Waals surface area contributed by atoms with Gasteiger partial charge in [0.2, 0.25) is 0 Å². The molecule has 2 atom stereocenters. The Morgan fingerprint density at radius 3 is 2.73 bits per heavy atom. The van der Waals surface area contributed by atoms with Crippen molar-refractivity contribution in [2.45, 2.75) is 25.5 Å². The average molecular weight is 301 g/mol. The molecular formula is C15H15N3O4. The van der Waals surface area contributed by atoms with Gasteiger partial charge in [-0.2, -0.15) is 5.26 Å². The van der Waals surface area contributed by atoms with Crippen LogP contribution in [0.25, 0.3) is 0 Å². The van der Waals surface area contributed by atoms with Crippen LogP contribution in [0.15, 0.2) is 12.1 Å². The zero-order valence-corrected chi connectivity index (χ0v) is 12.2. The third-order valence-corrected chi connectivity index (χ3v) is 4.22. The van der Waals surface area contributed by atoms with Crippen LogP contribution in [0.4, 0.5) is 10.5 Å². The molecule has 1 aromatic rings. The van der Waals surface area contributed by atoms with E-state index in [1.54, 1.807) is 13.0 Å². The van der Waals surface area contributed by atoms with E-state index in [-0.39, 0.29) is 0 Å². The third kappa shape index (κ3) is 1.77. The number of rotatable bonds is 2. The summed E-state index contributed by atoms with van der Waals surface area (Å²) in [6.45, 7) is 2.05. The highest BCUT2D eigenvalue weighted by atomic mass is 16.5. The van der Waals surface area contributed by atoms with Gasteiger partial charge >= 0.3 is 6.03 Å². The maximum atomic E-state index is 12.5. The predicted molar refractivity (Wildman–Crippen MR) is 76.4 cm³/mol. The molecule has 22 heavy (non-hydrogen) atoms. The Hall–Kier alpha value is -2.59. The monoisotopic (exact) mass is 301 g/mol. The van der Waals surface area contributed by atoms with E-state index in [2.05, 4.69) is 0 Å². The summed E-state index contributed by atoms with van der Waals surface area (Å²) in [5.74, 6) is -0.0990. The molecule has 2 fully saturated rings. The molecule has 0 saturated carbocycles. The van der Waals surface area contributed by atoms with Gasteiger partial charge in [-0.3, -0.25) is 4.79 Å². The molecule has 7 nitrogen and oxygen atoms in total. The number of carbonyl (C=O) groups excluding carboxylic acids is 2. The summed E-state index contributed by atoms with van der Waals surface area (Å²) < 4.78 is 5.22. The fraction of sp³-hybridized carbons (Fsp3) is 0.400. The second-order valence-electron chi connectivity index (χ2n) is 5.35. The van der Waals surface area contributed by atoms with Gasteiger partial charge in [0, 0.05) is 12.1 Å². The Morgan fingerprint density at radius 2 is 2.14 bits per heavy atom. The lowest BCUT2D eigenvalue weighted by Crippen LogP contribution is -2.36. The minimum atomic E-state index is -0.831. The first kappa shape index (κ1) is 14.4. The van der Waals surface area contributed by atoms with Crippen LogP contribution in [-0.4, -0.2) is 47.7 Å². The number of hydrogen-bond acceptors (Lipinski definition) is 5. The summed E-state index contributed by atoms with van der Waals surface area (Å²) in [4.78, 5) is 27.4. The summed E-state index contributed by atoms with van der Waals surface area (Å²) >= 11 is 0. The largest absolute Gasteiger partial charge is 0.495 e. The number of aliphatic hydroxyl groups excluding tert-OH is 1. The Labute approximate surface area is 127 Å². The minimum absolute atomic E-state index is 0.336. The Bertz CT molecular complexity index is 709. The minimum Gasteiger partial charge on any atom is -0.495 e. The van der Waals surface area contributed by atoms with E-state index in [1.807, 2.05) is 6.07 Å². The fourth-order valence-corrected chi connectivity index (χ4v) is 3.14. The lowest BCUT2D eigenvalue weighted by atomic mass is 10.1. The molecule has 114 valence electrons. The van der Waals surface area contributed by atoms with Crippen molar-refractivity contribution in [3.8, 4) is 11.8 Å². The molecule has 1 N–H and O–H groups in total. The van der Waals surface area contributed by atoms with Gasteiger partial charge in [-0.15, -0.1) is 0 Å². The topological polar surface area (TPSA) is 93.9 Å². The molecule has 1 unspecified atom stereocenters. The number of anilines is 1. The standard InChI is InChI=1S/C15H15N3O4/c1-8-10(4-3-9(7-16)13(8)22-2)18-14(20)12-11(19)5-6-17(12)15(18)21/h3-4,11-12,19H,5-6H2,1-2H3/t11?,12-/m0/s1. The number of amides is 3. The zero-order valence-electron chi connectivity index (χ0n) is 12.2. The second kappa shape index (κ2) is 5.00. The summed E-state index contributed by atoms with van der Waals surface area (Å²) in [5, 5.41) is 19.0. The van der Waals surface area contributed by atoms with E-state index < -0.39 is 24.1 Å². The number of ether oxygens (including phenoxy) is 1. The summed E-state index contributed by atoms with van der Waals surface area (Å²) in [7, 11) is 1.43. The lowest BCUT2D eigenvalue weighted by molar-refractivity contribution is -0.121. The van der Waals surface area contributed by atoms with Crippen molar-refractivity contribution in [3.63, 3.8) is 0 Å². The highest BCUT2D eigenvalue weighted by Gasteiger charge is 2.52. The first-order valence-electron chi connectivity index (χ1n) is 6.91. The lowest BCUT2D eigenvalue weighted by Gasteiger charge is -2.19. The number of fused-ring (bicyclic) bond motifs is 1. The summed E-state index contributed by atoms with van der Waals surface area (Å²) in [6, 6.07) is 3.83. The van der Waals surface area contributed by atoms with Gasteiger partial charge in [0.1, 0.15) is 17.9 Å².